The Labute approximate surface area is 92.4 Å². The fraction of sp³-hybridized carbons (Fsp3) is 0.400. The molecule has 5 heteroatoms. The molecule has 1 unspecified atom stereocenters. The average molecular weight is 227 g/mol. The summed E-state index contributed by atoms with van der Waals surface area (Å²) in [5.74, 6) is 0.212. The third-order valence-electron chi connectivity index (χ3n) is 2.69. The minimum Gasteiger partial charge on any atom is -0.316 e. The first-order valence-corrected chi connectivity index (χ1v) is 5.21. The molecule has 0 aromatic heterocycles. The number of nitrogens with zero attached hydrogens (tertiary/aromatic N) is 1. The lowest BCUT2D eigenvalue weighted by atomic mass is 9.97. The molecule has 2 rings (SSSR count). The summed E-state index contributed by atoms with van der Waals surface area (Å²) in [7, 11) is 0. The molecular formula is C10H11ClN2O2. The van der Waals surface area contributed by atoms with E-state index in [0.29, 0.717) is 5.02 Å². The average Bonchev–Trinajstić information content (AvgIpc) is 2.69. The molecule has 0 aliphatic carbocycles. The lowest BCUT2D eigenvalue weighted by Gasteiger charge is -2.09. The van der Waals surface area contributed by atoms with Crippen molar-refractivity contribution in [2.45, 2.75) is 12.3 Å². The molecule has 0 amide bonds. The lowest BCUT2D eigenvalue weighted by Crippen LogP contribution is -2.09. The largest absolute Gasteiger partial charge is 0.316 e. The van der Waals surface area contributed by atoms with Crippen LogP contribution in [0.2, 0.25) is 5.02 Å². The van der Waals surface area contributed by atoms with E-state index >= 15 is 0 Å². The van der Waals surface area contributed by atoms with E-state index in [-0.39, 0.29) is 16.5 Å². The molecule has 1 heterocycles. The molecular weight excluding hydrogens is 216 g/mol. The monoisotopic (exact) mass is 226 g/mol. The van der Waals surface area contributed by atoms with Crippen molar-refractivity contribution in [2.75, 3.05) is 13.1 Å². The van der Waals surface area contributed by atoms with Crippen molar-refractivity contribution in [3.05, 3.63) is 38.9 Å². The molecule has 1 atom stereocenters. The summed E-state index contributed by atoms with van der Waals surface area (Å²) in [6.07, 6.45) is 0.932. The number of hydrogen-bond donors (Lipinski definition) is 1. The Bertz CT molecular complexity index is 389. The number of hydrogen-bond acceptors (Lipinski definition) is 3. The molecule has 1 aromatic carbocycles. The quantitative estimate of drug-likeness (QED) is 0.622. The molecule has 1 aliphatic rings. The molecule has 1 fully saturated rings. The second kappa shape index (κ2) is 4.16. The van der Waals surface area contributed by atoms with E-state index in [1.165, 1.54) is 6.07 Å². The maximum atomic E-state index is 10.8. The van der Waals surface area contributed by atoms with Gasteiger partial charge in [0.05, 0.1) is 4.92 Å². The van der Waals surface area contributed by atoms with Crippen LogP contribution in [0.25, 0.3) is 0 Å². The van der Waals surface area contributed by atoms with Crippen LogP contribution in [-0.4, -0.2) is 18.0 Å². The third-order valence-corrected chi connectivity index (χ3v) is 2.92. The van der Waals surface area contributed by atoms with E-state index in [2.05, 4.69) is 5.32 Å². The zero-order valence-electron chi connectivity index (χ0n) is 8.07. The Morgan fingerprint density at radius 2 is 2.33 bits per heavy atom. The number of nitro groups is 1. The zero-order chi connectivity index (χ0) is 10.8. The van der Waals surface area contributed by atoms with Gasteiger partial charge in [-0.15, -0.1) is 0 Å². The van der Waals surface area contributed by atoms with Crippen LogP contribution in [0.4, 0.5) is 5.69 Å². The molecule has 15 heavy (non-hydrogen) atoms. The van der Waals surface area contributed by atoms with E-state index in [9.17, 15) is 10.1 Å². The Morgan fingerprint density at radius 3 is 2.93 bits per heavy atom. The van der Waals surface area contributed by atoms with Crippen LogP contribution >= 0.6 is 11.6 Å². The maximum Gasteiger partial charge on any atom is 0.273 e. The number of nitro benzene ring substituents is 1. The Morgan fingerprint density at radius 1 is 1.53 bits per heavy atom. The first-order chi connectivity index (χ1) is 7.18. The van der Waals surface area contributed by atoms with Crippen molar-refractivity contribution < 1.29 is 4.92 Å². The van der Waals surface area contributed by atoms with Gasteiger partial charge >= 0.3 is 0 Å². The predicted molar refractivity (Wildman–Crippen MR) is 58.3 cm³/mol. The topological polar surface area (TPSA) is 55.2 Å². The van der Waals surface area contributed by atoms with Crippen LogP contribution in [0.15, 0.2) is 18.2 Å². The van der Waals surface area contributed by atoms with Gasteiger partial charge in [0.1, 0.15) is 0 Å². The fourth-order valence-corrected chi connectivity index (χ4v) is 2.12. The summed E-state index contributed by atoms with van der Waals surface area (Å²) in [6.45, 7) is 1.70. The molecule has 1 N–H and O–H groups in total. The van der Waals surface area contributed by atoms with Gasteiger partial charge in [-0.25, -0.2) is 0 Å². The SMILES string of the molecule is O=[N+]([O-])c1ccc(Cl)cc1C1CCNC1. The minimum atomic E-state index is -0.343. The highest BCUT2D eigenvalue weighted by Gasteiger charge is 2.24. The predicted octanol–water partition coefficient (Wildman–Crippen LogP) is 2.33. The van der Waals surface area contributed by atoms with Crippen LogP contribution in [0.3, 0.4) is 0 Å². The van der Waals surface area contributed by atoms with E-state index in [1.54, 1.807) is 12.1 Å². The van der Waals surface area contributed by atoms with Crippen molar-refractivity contribution in [1.82, 2.24) is 5.32 Å². The van der Waals surface area contributed by atoms with E-state index in [0.717, 1.165) is 25.1 Å². The van der Waals surface area contributed by atoms with Crippen LogP contribution in [0, 0.1) is 10.1 Å². The Kier molecular flexibility index (Phi) is 2.88. The van der Waals surface area contributed by atoms with E-state index in [1.807, 2.05) is 0 Å². The number of rotatable bonds is 2. The first-order valence-electron chi connectivity index (χ1n) is 4.83. The molecule has 0 spiro atoms. The summed E-state index contributed by atoms with van der Waals surface area (Å²) in [5.41, 5.74) is 0.922. The number of halogens is 1. The fourth-order valence-electron chi connectivity index (χ4n) is 1.94. The summed E-state index contributed by atoms with van der Waals surface area (Å²) < 4.78 is 0. The maximum absolute atomic E-state index is 10.8. The highest BCUT2D eigenvalue weighted by molar-refractivity contribution is 6.30. The van der Waals surface area contributed by atoms with Crippen LogP contribution in [0.5, 0.6) is 0 Å². The van der Waals surface area contributed by atoms with Crippen LogP contribution in [-0.2, 0) is 0 Å². The molecule has 4 nitrogen and oxygen atoms in total. The minimum absolute atomic E-state index is 0.174. The van der Waals surface area contributed by atoms with Gasteiger partial charge in [-0.1, -0.05) is 11.6 Å². The summed E-state index contributed by atoms with van der Waals surface area (Å²) >= 11 is 5.86. The van der Waals surface area contributed by atoms with Crippen LogP contribution in [0.1, 0.15) is 17.9 Å². The summed E-state index contributed by atoms with van der Waals surface area (Å²) in [6, 6.07) is 4.75. The van der Waals surface area contributed by atoms with Gasteiger partial charge in [-0.3, -0.25) is 10.1 Å². The molecule has 1 aromatic rings. The zero-order valence-corrected chi connectivity index (χ0v) is 8.83. The molecule has 0 saturated carbocycles. The van der Waals surface area contributed by atoms with Crippen molar-refractivity contribution in [1.29, 1.82) is 0 Å². The molecule has 1 saturated heterocycles. The van der Waals surface area contributed by atoms with Crippen molar-refractivity contribution in [3.8, 4) is 0 Å². The second-order valence-electron chi connectivity index (χ2n) is 3.65. The highest BCUT2D eigenvalue weighted by Crippen LogP contribution is 2.32. The third kappa shape index (κ3) is 2.11. The molecule has 0 bridgehead atoms. The molecule has 0 radical (unpaired) electrons. The van der Waals surface area contributed by atoms with Crippen molar-refractivity contribution in [3.63, 3.8) is 0 Å². The van der Waals surface area contributed by atoms with Gasteiger partial charge in [0.15, 0.2) is 0 Å². The van der Waals surface area contributed by atoms with Gasteiger partial charge in [-0.05, 0) is 25.1 Å². The van der Waals surface area contributed by atoms with Crippen molar-refractivity contribution in [2.24, 2.45) is 0 Å². The van der Waals surface area contributed by atoms with Gasteiger partial charge in [0.25, 0.3) is 5.69 Å². The van der Waals surface area contributed by atoms with Gasteiger partial charge in [0.2, 0.25) is 0 Å². The standard InChI is InChI=1S/C10H11ClN2O2/c11-8-1-2-10(13(14)15)9(5-8)7-3-4-12-6-7/h1-2,5,7,12H,3-4,6H2. The molecule has 1 aliphatic heterocycles. The number of nitrogens with one attached hydrogen (secondary N) is 1. The Balaban J connectivity index is 2.41. The summed E-state index contributed by atoms with van der Waals surface area (Å²) in [5, 5.41) is 14.6. The lowest BCUT2D eigenvalue weighted by molar-refractivity contribution is -0.385. The van der Waals surface area contributed by atoms with Gasteiger partial charge in [0, 0.05) is 29.1 Å². The Hall–Kier alpha value is -1.13. The first kappa shape index (κ1) is 10.4. The summed E-state index contributed by atoms with van der Waals surface area (Å²) in [4.78, 5) is 10.5. The van der Waals surface area contributed by atoms with Gasteiger partial charge in [-0.2, -0.15) is 0 Å². The highest BCUT2D eigenvalue weighted by atomic mass is 35.5. The van der Waals surface area contributed by atoms with Crippen molar-refractivity contribution >= 4 is 17.3 Å². The van der Waals surface area contributed by atoms with Crippen LogP contribution < -0.4 is 5.32 Å². The second-order valence-corrected chi connectivity index (χ2v) is 4.09. The van der Waals surface area contributed by atoms with E-state index < -0.39 is 0 Å². The number of benzene rings is 1. The van der Waals surface area contributed by atoms with E-state index in [4.69, 9.17) is 11.6 Å². The molecule has 80 valence electrons. The normalized spacial score (nSPS) is 20.5. The van der Waals surface area contributed by atoms with Gasteiger partial charge < -0.3 is 5.32 Å². The smallest absolute Gasteiger partial charge is 0.273 e.